The summed E-state index contributed by atoms with van der Waals surface area (Å²) in [5, 5.41) is 3.79. The number of nitrogens with two attached hydrogens (primary N) is 1. The summed E-state index contributed by atoms with van der Waals surface area (Å²) >= 11 is 0. The van der Waals surface area contributed by atoms with Crippen LogP contribution in [0.4, 0.5) is 5.95 Å². The quantitative estimate of drug-likeness (QED) is 0.779. The lowest BCUT2D eigenvalue weighted by Crippen LogP contribution is -2.06. The first-order valence-corrected chi connectivity index (χ1v) is 6.32. The van der Waals surface area contributed by atoms with Gasteiger partial charge in [0.25, 0.3) is 0 Å². The largest absolute Gasteiger partial charge is 0.489 e. The molecule has 1 aromatic carbocycles. The lowest BCUT2D eigenvalue weighted by molar-refractivity contribution is 0.245. The number of nitrogens with zero attached hydrogens (tertiary/aromatic N) is 4. The van der Waals surface area contributed by atoms with E-state index in [9.17, 15) is 0 Å². The van der Waals surface area contributed by atoms with Crippen molar-refractivity contribution in [3.05, 3.63) is 30.4 Å². The smallest absolute Gasteiger partial charge is 0.213 e. The minimum absolute atomic E-state index is 0.0733. The molecule has 0 aliphatic heterocycles. The van der Waals surface area contributed by atoms with Gasteiger partial charge >= 0.3 is 0 Å². The van der Waals surface area contributed by atoms with Crippen LogP contribution in [0.2, 0.25) is 0 Å². The second kappa shape index (κ2) is 4.84. The zero-order valence-corrected chi connectivity index (χ0v) is 11.3. The van der Waals surface area contributed by atoms with Gasteiger partial charge in [0.1, 0.15) is 11.3 Å². The molecule has 0 bridgehead atoms. The maximum Gasteiger partial charge on any atom is 0.213 e. The maximum absolute atomic E-state index is 5.98. The van der Waals surface area contributed by atoms with Gasteiger partial charge in [-0.1, -0.05) is 11.2 Å². The predicted molar refractivity (Wildman–Crippen MR) is 73.3 cm³/mol. The molecule has 0 aliphatic rings. The van der Waals surface area contributed by atoms with Crippen LogP contribution in [0.3, 0.4) is 0 Å². The van der Waals surface area contributed by atoms with Crippen LogP contribution in [0.5, 0.6) is 5.75 Å². The van der Waals surface area contributed by atoms with E-state index >= 15 is 0 Å². The average Bonchev–Trinajstić information content (AvgIpc) is 3.00. The number of ether oxygens (including phenoxy) is 1. The third-order valence-electron chi connectivity index (χ3n) is 2.84. The van der Waals surface area contributed by atoms with E-state index < -0.39 is 0 Å². The second-order valence-electron chi connectivity index (χ2n) is 4.69. The average molecular weight is 273 g/mol. The summed E-state index contributed by atoms with van der Waals surface area (Å²) in [5.74, 6) is 1.66. The molecule has 0 fully saturated rings. The van der Waals surface area contributed by atoms with Crippen molar-refractivity contribution in [3.8, 4) is 5.75 Å². The summed E-state index contributed by atoms with van der Waals surface area (Å²) in [5.41, 5.74) is 7.60. The van der Waals surface area contributed by atoms with E-state index in [0.29, 0.717) is 18.3 Å². The highest BCUT2D eigenvalue weighted by atomic mass is 16.5. The van der Waals surface area contributed by atoms with Gasteiger partial charge in [-0.15, -0.1) is 0 Å². The predicted octanol–water partition coefficient (Wildman–Crippen LogP) is 1.84. The zero-order valence-electron chi connectivity index (χ0n) is 11.3. The van der Waals surface area contributed by atoms with E-state index in [2.05, 4.69) is 15.1 Å². The van der Waals surface area contributed by atoms with Gasteiger partial charge in [-0.05, 0) is 26.0 Å². The zero-order chi connectivity index (χ0) is 14.1. The number of para-hydroxylation sites is 1. The van der Waals surface area contributed by atoms with Crippen LogP contribution < -0.4 is 10.5 Å². The Morgan fingerprint density at radius 3 is 2.95 bits per heavy atom. The summed E-state index contributed by atoms with van der Waals surface area (Å²) in [4.78, 5) is 8.37. The maximum atomic E-state index is 5.98. The SMILES string of the molecule is CC(C)Oc1cccc2c1nc(N)n2Cc1ncon1. The number of aromatic nitrogens is 4. The van der Waals surface area contributed by atoms with Crippen molar-refractivity contribution in [3.63, 3.8) is 0 Å². The van der Waals surface area contributed by atoms with Crippen LogP contribution in [0, 0.1) is 0 Å². The molecule has 0 saturated heterocycles. The van der Waals surface area contributed by atoms with Crippen molar-refractivity contribution in [2.24, 2.45) is 0 Å². The van der Waals surface area contributed by atoms with E-state index in [1.54, 1.807) is 0 Å². The molecule has 0 amide bonds. The van der Waals surface area contributed by atoms with Crippen molar-refractivity contribution < 1.29 is 9.26 Å². The Morgan fingerprint density at radius 1 is 1.40 bits per heavy atom. The fourth-order valence-corrected chi connectivity index (χ4v) is 2.06. The van der Waals surface area contributed by atoms with Crippen molar-refractivity contribution >= 4 is 17.0 Å². The lowest BCUT2D eigenvalue weighted by atomic mass is 10.3. The molecule has 3 aromatic rings. The first kappa shape index (κ1) is 12.5. The highest BCUT2D eigenvalue weighted by molar-refractivity contribution is 5.84. The van der Waals surface area contributed by atoms with E-state index in [1.807, 2.05) is 36.6 Å². The minimum Gasteiger partial charge on any atom is -0.489 e. The molecule has 3 rings (SSSR count). The number of anilines is 1. The molecule has 104 valence electrons. The van der Waals surface area contributed by atoms with E-state index in [-0.39, 0.29) is 6.10 Å². The van der Waals surface area contributed by atoms with Gasteiger partial charge in [-0.2, -0.15) is 4.98 Å². The number of rotatable bonds is 4. The van der Waals surface area contributed by atoms with E-state index in [0.717, 1.165) is 16.8 Å². The lowest BCUT2D eigenvalue weighted by Gasteiger charge is -2.10. The standard InChI is InChI=1S/C13H15N5O2/c1-8(2)20-10-5-3-4-9-12(10)16-13(14)18(9)6-11-15-7-19-17-11/h3-5,7-8H,6H2,1-2H3,(H2,14,16). The topological polar surface area (TPSA) is 92.0 Å². The third-order valence-corrected chi connectivity index (χ3v) is 2.84. The first-order valence-electron chi connectivity index (χ1n) is 6.32. The molecule has 7 heteroatoms. The highest BCUT2D eigenvalue weighted by Crippen LogP contribution is 2.28. The Hall–Kier alpha value is -2.57. The first-order chi connectivity index (χ1) is 9.65. The third kappa shape index (κ3) is 2.18. The van der Waals surface area contributed by atoms with Crippen LogP contribution in [0.15, 0.2) is 29.1 Å². The highest BCUT2D eigenvalue weighted by Gasteiger charge is 2.14. The van der Waals surface area contributed by atoms with Gasteiger partial charge in [0.05, 0.1) is 18.2 Å². The number of benzene rings is 1. The van der Waals surface area contributed by atoms with Crippen molar-refractivity contribution in [1.29, 1.82) is 0 Å². The molecule has 0 aliphatic carbocycles. The molecule has 2 N–H and O–H groups in total. The molecular formula is C13H15N5O2. The van der Waals surface area contributed by atoms with Crippen LogP contribution in [-0.4, -0.2) is 25.8 Å². The normalized spacial score (nSPS) is 11.3. The molecule has 0 unspecified atom stereocenters. The molecule has 0 radical (unpaired) electrons. The van der Waals surface area contributed by atoms with Gasteiger partial charge in [-0.25, -0.2) is 4.98 Å². The fourth-order valence-electron chi connectivity index (χ4n) is 2.06. The van der Waals surface area contributed by atoms with E-state index in [4.69, 9.17) is 15.0 Å². The number of fused-ring (bicyclic) bond motifs is 1. The van der Waals surface area contributed by atoms with Crippen molar-refractivity contribution in [2.45, 2.75) is 26.5 Å². The van der Waals surface area contributed by atoms with Crippen molar-refractivity contribution in [1.82, 2.24) is 19.7 Å². The Balaban J connectivity index is 2.07. The van der Waals surface area contributed by atoms with Crippen LogP contribution in [0.25, 0.3) is 11.0 Å². The summed E-state index contributed by atoms with van der Waals surface area (Å²) in [6.07, 6.45) is 1.36. The summed E-state index contributed by atoms with van der Waals surface area (Å²) in [7, 11) is 0. The van der Waals surface area contributed by atoms with Crippen molar-refractivity contribution in [2.75, 3.05) is 5.73 Å². The summed E-state index contributed by atoms with van der Waals surface area (Å²) < 4.78 is 12.3. The van der Waals surface area contributed by atoms with Gasteiger partial charge in [0.2, 0.25) is 12.3 Å². The molecule has 0 atom stereocenters. The number of imidazole rings is 1. The molecule has 20 heavy (non-hydrogen) atoms. The number of nitrogen functional groups attached to an aromatic ring is 1. The van der Waals surface area contributed by atoms with Crippen LogP contribution >= 0.6 is 0 Å². The molecule has 0 spiro atoms. The molecule has 7 nitrogen and oxygen atoms in total. The Kier molecular flexibility index (Phi) is 3.02. The fraction of sp³-hybridized carbons (Fsp3) is 0.308. The van der Waals surface area contributed by atoms with Crippen LogP contribution in [-0.2, 0) is 6.54 Å². The monoisotopic (exact) mass is 273 g/mol. The molecule has 2 heterocycles. The molecule has 2 aromatic heterocycles. The Morgan fingerprint density at radius 2 is 2.25 bits per heavy atom. The molecular weight excluding hydrogens is 258 g/mol. The summed E-state index contributed by atoms with van der Waals surface area (Å²) in [6.45, 7) is 4.35. The summed E-state index contributed by atoms with van der Waals surface area (Å²) in [6, 6.07) is 5.73. The minimum atomic E-state index is 0.0733. The van der Waals surface area contributed by atoms with Crippen LogP contribution in [0.1, 0.15) is 19.7 Å². The van der Waals surface area contributed by atoms with Gasteiger partial charge in [0, 0.05) is 0 Å². The van der Waals surface area contributed by atoms with Gasteiger partial charge < -0.3 is 19.6 Å². The number of hydrogen-bond acceptors (Lipinski definition) is 6. The van der Waals surface area contributed by atoms with E-state index in [1.165, 1.54) is 6.39 Å². The Bertz CT molecular complexity index is 718. The second-order valence-corrected chi connectivity index (χ2v) is 4.69. The van der Waals surface area contributed by atoms with Gasteiger partial charge in [-0.3, -0.25) is 0 Å². The van der Waals surface area contributed by atoms with Gasteiger partial charge in [0.15, 0.2) is 5.82 Å². The Labute approximate surface area is 115 Å². The number of hydrogen-bond donors (Lipinski definition) is 1. The molecule has 0 saturated carbocycles.